The summed E-state index contributed by atoms with van der Waals surface area (Å²) in [6.45, 7) is 6.03. The normalized spacial score (nSPS) is 16.3. The quantitative estimate of drug-likeness (QED) is 0.411. The van der Waals surface area contributed by atoms with Gasteiger partial charge in [0.05, 0.1) is 35.2 Å². The minimum absolute atomic E-state index is 0.00772. The predicted octanol–water partition coefficient (Wildman–Crippen LogP) is 4.40. The average Bonchev–Trinajstić information content (AvgIpc) is 3.56. The van der Waals surface area contributed by atoms with Gasteiger partial charge in [-0.1, -0.05) is 50.2 Å². The van der Waals surface area contributed by atoms with Crippen molar-refractivity contribution in [2.24, 2.45) is 5.92 Å². The van der Waals surface area contributed by atoms with Crippen molar-refractivity contribution in [3.8, 4) is 0 Å². The molecule has 7 nitrogen and oxygen atoms in total. The van der Waals surface area contributed by atoms with Crippen molar-refractivity contribution in [3.05, 3.63) is 70.2 Å². The summed E-state index contributed by atoms with van der Waals surface area (Å²) in [7, 11) is -3.66. The molecule has 182 valence electrons. The van der Waals surface area contributed by atoms with Crippen molar-refractivity contribution in [1.82, 2.24) is 14.5 Å². The van der Waals surface area contributed by atoms with Crippen LogP contribution in [0.2, 0.25) is 0 Å². The summed E-state index contributed by atoms with van der Waals surface area (Å²) in [6.07, 6.45) is 3.49. The van der Waals surface area contributed by atoms with Crippen LogP contribution >= 0.6 is 11.3 Å². The molecule has 0 saturated carbocycles. The van der Waals surface area contributed by atoms with E-state index >= 15 is 0 Å². The fraction of sp³-hybridized carbons (Fsp3) is 0.440. The van der Waals surface area contributed by atoms with Gasteiger partial charge in [0.25, 0.3) is 5.91 Å². The first-order valence-corrected chi connectivity index (χ1v) is 14.1. The van der Waals surface area contributed by atoms with E-state index in [1.54, 1.807) is 27.8 Å². The summed E-state index contributed by atoms with van der Waals surface area (Å²) < 4.78 is 34.2. The number of aromatic nitrogens is 2. The molecule has 0 unspecified atom stereocenters. The van der Waals surface area contributed by atoms with E-state index in [9.17, 15) is 13.2 Å². The minimum Gasteiger partial charge on any atom is -0.376 e. The van der Waals surface area contributed by atoms with E-state index in [1.165, 1.54) is 11.3 Å². The Labute approximate surface area is 205 Å². The Morgan fingerprint density at radius 1 is 1.24 bits per heavy atom. The van der Waals surface area contributed by atoms with E-state index in [0.717, 1.165) is 18.4 Å². The van der Waals surface area contributed by atoms with Gasteiger partial charge >= 0.3 is 0 Å². The Bertz CT molecular complexity index is 1180. The molecule has 0 radical (unpaired) electrons. The second-order valence-electron chi connectivity index (χ2n) is 9.08. The number of carbonyl (C=O) groups is 1. The molecule has 1 atom stereocenters. The third-order valence-corrected chi connectivity index (χ3v) is 8.20. The lowest BCUT2D eigenvalue weighted by atomic mass is 10.2. The summed E-state index contributed by atoms with van der Waals surface area (Å²) in [4.78, 5) is 20.1. The predicted molar refractivity (Wildman–Crippen MR) is 132 cm³/mol. The van der Waals surface area contributed by atoms with E-state index < -0.39 is 9.84 Å². The van der Waals surface area contributed by atoms with E-state index in [4.69, 9.17) is 4.74 Å². The number of ether oxygens (including phenoxy) is 1. The Balaban J connectivity index is 1.64. The minimum atomic E-state index is -3.66. The molecule has 1 amide bonds. The van der Waals surface area contributed by atoms with Gasteiger partial charge in [0, 0.05) is 19.7 Å². The molecule has 3 heterocycles. The number of nitrogens with zero attached hydrogens (tertiary/aromatic N) is 3. The number of hydrogen-bond donors (Lipinski definition) is 0. The third kappa shape index (κ3) is 5.95. The van der Waals surface area contributed by atoms with Crippen LogP contribution in [-0.4, -0.2) is 48.0 Å². The number of sulfone groups is 1. The molecule has 0 bridgehead atoms. The molecule has 1 aromatic carbocycles. The highest BCUT2D eigenvalue weighted by Gasteiger charge is 2.28. The molecule has 2 aromatic heterocycles. The van der Waals surface area contributed by atoms with Gasteiger partial charge in [0.1, 0.15) is 0 Å². The molecular weight excluding hydrogens is 470 g/mol. The highest BCUT2D eigenvalue weighted by molar-refractivity contribution is 7.90. The van der Waals surface area contributed by atoms with Crippen LogP contribution in [0.1, 0.15) is 47.6 Å². The number of hydrogen-bond acceptors (Lipinski definition) is 6. The molecule has 1 aliphatic rings. The smallest absolute Gasteiger partial charge is 0.264 e. The Morgan fingerprint density at radius 2 is 2.03 bits per heavy atom. The first-order valence-electron chi connectivity index (χ1n) is 11.6. The van der Waals surface area contributed by atoms with E-state index in [2.05, 4.69) is 4.98 Å². The largest absolute Gasteiger partial charge is 0.376 e. The van der Waals surface area contributed by atoms with Crippen LogP contribution < -0.4 is 0 Å². The summed E-state index contributed by atoms with van der Waals surface area (Å²) >= 11 is 1.40. The molecule has 1 aliphatic heterocycles. The molecule has 0 spiro atoms. The number of imidazole rings is 1. The van der Waals surface area contributed by atoms with E-state index in [1.807, 2.05) is 49.6 Å². The number of rotatable bonds is 10. The zero-order chi connectivity index (χ0) is 24.1. The van der Waals surface area contributed by atoms with Crippen LogP contribution in [0.5, 0.6) is 0 Å². The van der Waals surface area contributed by atoms with E-state index in [0.29, 0.717) is 30.3 Å². The van der Waals surface area contributed by atoms with Gasteiger partial charge in [-0.05, 0) is 35.8 Å². The maximum Gasteiger partial charge on any atom is 0.264 e. The second-order valence-corrected chi connectivity index (χ2v) is 11.9. The molecule has 1 saturated heterocycles. The first kappa shape index (κ1) is 24.6. The zero-order valence-corrected chi connectivity index (χ0v) is 21.2. The Morgan fingerprint density at radius 3 is 2.68 bits per heavy atom. The van der Waals surface area contributed by atoms with Gasteiger partial charge in [0.15, 0.2) is 0 Å². The highest BCUT2D eigenvalue weighted by atomic mass is 32.2. The monoisotopic (exact) mass is 501 g/mol. The maximum absolute atomic E-state index is 13.3. The topological polar surface area (TPSA) is 81.5 Å². The fourth-order valence-electron chi connectivity index (χ4n) is 4.19. The van der Waals surface area contributed by atoms with Crippen LogP contribution in [0.15, 0.2) is 59.2 Å². The molecule has 4 rings (SSSR count). The standard InChI is InChI=1S/C25H31N3O4S2/c1-19(2)15-28-21(14-26-25(28)34(30,31)18-20-8-4-3-5-9-20)16-27(17-22-10-6-12-32-22)24(29)23-11-7-13-33-23/h3-5,7-9,11,13-14,19,22H,6,10,12,15-18H2,1-2H3/t22-/m1/s1. The van der Waals surface area contributed by atoms with Crippen molar-refractivity contribution < 1.29 is 17.9 Å². The van der Waals surface area contributed by atoms with Gasteiger partial charge < -0.3 is 14.2 Å². The Hall–Kier alpha value is -2.49. The second kappa shape index (κ2) is 10.8. The van der Waals surface area contributed by atoms with Crippen molar-refractivity contribution in [2.45, 2.75) is 56.8 Å². The van der Waals surface area contributed by atoms with Crippen LogP contribution in [0.4, 0.5) is 0 Å². The molecular formula is C25H31N3O4S2. The zero-order valence-electron chi connectivity index (χ0n) is 19.6. The fourth-order valence-corrected chi connectivity index (χ4v) is 6.38. The summed E-state index contributed by atoms with van der Waals surface area (Å²) in [5, 5.41) is 1.94. The molecule has 0 N–H and O–H groups in total. The SMILES string of the molecule is CC(C)Cn1c(CN(C[C@H]2CCCO2)C(=O)c2cccs2)cnc1S(=O)(=O)Cc1ccccc1. The van der Waals surface area contributed by atoms with Crippen LogP contribution in [-0.2, 0) is 33.4 Å². The van der Waals surface area contributed by atoms with Crippen molar-refractivity contribution in [1.29, 1.82) is 0 Å². The van der Waals surface area contributed by atoms with Gasteiger partial charge in [-0.15, -0.1) is 11.3 Å². The van der Waals surface area contributed by atoms with Crippen molar-refractivity contribution in [3.63, 3.8) is 0 Å². The molecule has 1 fully saturated rings. The molecule has 34 heavy (non-hydrogen) atoms. The lowest BCUT2D eigenvalue weighted by molar-refractivity contribution is 0.0504. The number of thiophene rings is 1. The summed E-state index contributed by atoms with van der Waals surface area (Å²) in [6, 6.07) is 12.8. The summed E-state index contributed by atoms with van der Waals surface area (Å²) in [5.74, 6) is 0.0191. The average molecular weight is 502 g/mol. The van der Waals surface area contributed by atoms with Crippen LogP contribution in [0.25, 0.3) is 0 Å². The van der Waals surface area contributed by atoms with Crippen molar-refractivity contribution >= 4 is 27.1 Å². The van der Waals surface area contributed by atoms with Crippen molar-refractivity contribution in [2.75, 3.05) is 13.2 Å². The number of amides is 1. The lowest BCUT2D eigenvalue weighted by Gasteiger charge is -2.26. The van der Waals surface area contributed by atoms with E-state index in [-0.39, 0.29) is 35.4 Å². The number of benzene rings is 1. The lowest BCUT2D eigenvalue weighted by Crippen LogP contribution is -2.37. The van der Waals surface area contributed by atoms with Crippen LogP contribution in [0.3, 0.4) is 0 Å². The Kier molecular flexibility index (Phi) is 7.85. The van der Waals surface area contributed by atoms with Crippen LogP contribution in [0, 0.1) is 5.92 Å². The van der Waals surface area contributed by atoms with Gasteiger partial charge in [-0.3, -0.25) is 4.79 Å². The van der Waals surface area contributed by atoms with Gasteiger partial charge in [-0.25, -0.2) is 13.4 Å². The number of carbonyl (C=O) groups excluding carboxylic acids is 1. The maximum atomic E-state index is 13.3. The summed E-state index contributed by atoms with van der Waals surface area (Å²) in [5.41, 5.74) is 1.43. The highest BCUT2D eigenvalue weighted by Crippen LogP contribution is 2.23. The molecule has 0 aliphatic carbocycles. The molecule has 9 heteroatoms. The van der Waals surface area contributed by atoms with Gasteiger partial charge in [-0.2, -0.15) is 0 Å². The van der Waals surface area contributed by atoms with Gasteiger partial charge in [0.2, 0.25) is 15.0 Å². The third-order valence-electron chi connectivity index (χ3n) is 5.75. The molecule has 3 aromatic rings. The first-order chi connectivity index (χ1) is 16.3.